The van der Waals surface area contributed by atoms with Crippen molar-refractivity contribution in [3.63, 3.8) is 0 Å². The van der Waals surface area contributed by atoms with Gasteiger partial charge < -0.3 is 14.6 Å². The van der Waals surface area contributed by atoms with Crippen molar-refractivity contribution < 1.29 is 4.74 Å². The largest absolute Gasteiger partial charge is 0.496 e. The number of aromatic nitrogens is 1. The second-order valence-electron chi connectivity index (χ2n) is 7.29. The van der Waals surface area contributed by atoms with Crippen molar-refractivity contribution in [1.82, 2.24) is 9.88 Å². The molecule has 4 rings (SSSR count). The Labute approximate surface area is 187 Å². The van der Waals surface area contributed by atoms with E-state index >= 15 is 0 Å². The number of halogens is 2. The molecule has 0 spiro atoms. The Hall–Kier alpha value is -2.46. The van der Waals surface area contributed by atoms with Crippen LogP contribution in [0.5, 0.6) is 5.75 Å². The van der Waals surface area contributed by atoms with Gasteiger partial charge in [-0.2, -0.15) is 0 Å². The SMILES string of the molecule is COc1ccccc1CCNCc1cn(Cc2ccc(Cl)c(Cl)c2)c2ccccc12. The van der Waals surface area contributed by atoms with Gasteiger partial charge >= 0.3 is 0 Å². The molecule has 0 atom stereocenters. The van der Waals surface area contributed by atoms with Gasteiger partial charge in [-0.15, -0.1) is 0 Å². The zero-order valence-corrected chi connectivity index (χ0v) is 18.4. The summed E-state index contributed by atoms with van der Waals surface area (Å²) in [5.74, 6) is 0.942. The van der Waals surface area contributed by atoms with Crippen LogP contribution in [0.1, 0.15) is 16.7 Å². The first-order chi connectivity index (χ1) is 14.7. The fourth-order valence-corrected chi connectivity index (χ4v) is 4.11. The van der Waals surface area contributed by atoms with E-state index in [4.69, 9.17) is 27.9 Å². The van der Waals surface area contributed by atoms with Crippen LogP contribution in [0, 0.1) is 0 Å². The van der Waals surface area contributed by atoms with Crippen LogP contribution in [0.2, 0.25) is 10.0 Å². The molecule has 154 valence electrons. The fraction of sp³-hybridized carbons (Fsp3) is 0.200. The minimum Gasteiger partial charge on any atom is -0.496 e. The van der Waals surface area contributed by atoms with Crippen molar-refractivity contribution in [2.24, 2.45) is 0 Å². The van der Waals surface area contributed by atoms with Crippen LogP contribution < -0.4 is 10.1 Å². The van der Waals surface area contributed by atoms with Gasteiger partial charge in [0.1, 0.15) is 5.75 Å². The number of nitrogens with zero attached hydrogens (tertiary/aromatic N) is 1. The molecule has 0 saturated carbocycles. The first-order valence-corrected chi connectivity index (χ1v) is 10.7. The number of fused-ring (bicyclic) bond motifs is 1. The summed E-state index contributed by atoms with van der Waals surface area (Å²) in [6.07, 6.45) is 3.15. The maximum atomic E-state index is 6.20. The van der Waals surface area contributed by atoms with E-state index in [1.54, 1.807) is 7.11 Å². The van der Waals surface area contributed by atoms with Crippen LogP contribution >= 0.6 is 23.2 Å². The highest BCUT2D eigenvalue weighted by Gasteiger charge is 2.09. The average Bonchev–Trinajstić information content (AvgIpc) is 3.11. The molecule has 30 heavy (non-hydrogen) atoms. The van der Waals surface area contributed by atoms with Crippen molar-refractivity contribution in [3.8, 4) is 5.75 Å². The van der Waals surface area contributed by atoms with Gasteiger partial charge in [0, 0.05) is 30.2 Å². The molecule has 3 aromatic carbocycles. The number of ether oxygens (including phenoxy) is 1. The Morgan fingerprint density at radius 3 is 2.53 bits per heavy atom. The Balaban J connectivity index is 1.47. The quantitative estimate of drug-likeness (QED) is 0.325. The summed E-state index contributed by atoms with van der Waals surface area (Å²) in [7, 11) is 1.72. The van der Waals surface area contributed by atoms with Crippen LogP contribution in [0.4, 0.5) is 0 Å². The zero-order chi connectivity index (χ0) is 20.9. The highest BCUT2D eigenvalue weighted by molar-refractivity contribution is 6.42. The van der Waals surface area contributed by atoms with Gasteiger partial charge in [0.2, 0.25) is 0 Å². The van der Waals surface area contributed by atoms with Crippen molar-refractivity contribution in [3.05, 3.63) is 99.7 Å². The zero-order valence-electron chi connectivity index (χ0n) is 16.9. The van der Waals surface area contributed by atoms with E-state index in [0.29, 0.717) is 10.0 Å². The number of hydrogen-bond donors (Lipinski definition) is 1. The predicted octanol–water partition coefficient (Wildman–Crippen LogP) is 6.34. The molecule has 0 aliphatic carbocycles. The molecule has 3 nitrogen and oxygen atoms in total. The van der Waals surface area contributed by atoms with Crippen LogP contribution in [-0.4, -0.2) is 18.2 Å². The smallest absolute Gasteiger partial charge is 0.122 e. The molecule has 0 radical (unpaired) electrons. The Bertz CT molecular complexity index is 1150. The lowest BCUT2D eigenvalue weighted by Crippen LogP contribution is -2.16. The lowest BCUT2D eigenvalue weighted by atomic mass is 10.1. The lowest BCUT2D eigenvalue weighted by molar-refractivity contribution is 0.409. The lowest BCUT2D eigenvalue weighted by Gasteiger charge is -2.09. The number of rotatable bonds is 8. The van der Waals surface area contributed by atoms with Crippen LogP contribution in [0.25, 0.3) is 10.9 Å². The molecule has 0 aliphatic rings. The summed E-state index contributed by atoms with van der Waals surface area (Å²) in [5, 5.41) is 6.01. The Morgan fingerprint density at radius 1 is 0.900 bits per heavy atom. The van der Waals surface area contributed by atoms with E-state index in [1.807, 2.05) is 30.3 Å². The minimum atomic E-state index is 0.581. The van der Waals surface area contributed by atoms with E-state index in [0.717, 1.165) is 37.4 Å². The van der Waals surface area contributed by atoms with E-state index in [-0.39, 0.29) is 0 Å². The van der Waals surface area contributed by atoms with E-state index in [2.05, 4.69) is 52.5 Å². The van der Waals surface area contributed by atoms with E-state index in [9.17, 15) is 0 Å². The molecule has 0 saturated heterocycles. The minimum absolute atomic E-state index is 0.581. The molecular formula is C25H24Cl2N2O. The maximum Gasteiger partial charge on any atom is 0.122 e. The first-order valence-electron chi connectivity index (χ1n) is 9.99. The monoisotopic (exact) mass is 438 g/mol. The third-order valence-electron chi connectivity index (χ3n) is 5.29. The number of nitrogens with one attached hydrogen (secondary N) is 1. The van der Waals surface area contributed by atoms with Gasteiger partial charge in [-0.1, -0.05) is 65.7 Å². The summed E-state index contributed by atoms with van der Waals surface area (Å²) >= 11 is 12.3. The highest BCUT2D eigenvalue weighted by atomic mass is 35.5. The number of benzene rings is 3. The van der Waals surface area contributed by atoms with Crippen molar-refractivity contribution >= 4 is 34.1 Å². The normalized spacial score (nSPS) is 11.2. The maximum absolute atomic E-state index is 6.20. The average molecular weight is 439 g/mol. The second-order valence-corrected chi connectivity index (χ2v) is 8.10. The molecule has 0 fully saturated rings. The molecule has 0 amide bonds. The predicted molar refractivity (Wildman–Crippen MR) is 126 cm³/mol. The van der Waals surface area contributed by atoms with Crippen LogP contribution in [0.3, 0.4) is 0 Å². The molecule has 1 aromatic heterocycles. The second kappa shape index (κ2) is 9.57. The van der Waals surface area contributed by atoms with Crippen molar-refractivity contribution in [1.29, 1.82) is 0 Å². The number of methoxy groups -OCH3 is 1. The molecule has 1 heterocycles. The molecule has 1 N–H and O–H groups in total. The van der Waals surface area contributed by atoms with Gasteiger partial charge in [0.15, 0.2) is 0 Å². The summed E-state index contributed by atoms with van der Waals surface area (Å²) in [5.41, 5.74) is 4.84. The van der Waals surface area contributed by atoms with E-state index < -0.39 is 0 Å². The van der Waals surface area contributed by atoms with Crippen LogP contribution in [0.15, 0.2) is 72.9 Å². The summed E-state index contributed by atoms with van der Waals surface area (Å²) in [6, 6.07) is 22.5. The first kappa shape index (κ1) is 20.8. The van der Waals surface area contributed by atoms with Gasteiger partial charge in [-0.25, -0.2) is 0 Å². The van der Waals surface area contributed by atoms with Gasteiger partial charge in [0.05, 0.1) is 17.2 Å². The molecule has 0 aliphatic heterocycles. The summed E-state index contributed by atoms with van der Waals surface area (Å²) < 4.78 is 7.72. The summed E-state index contributed by atoms with van der Waals surface area (Å²) in [4.78, 5) is 0. The molecule has 5 heteroatoms. The van der Waals surface area contributed by atoms with E-state index in [1.165, 1.54) is 22.0 Å². The standard InChI is InChI=1S/C25H24Cl2N2O/c1-30-25-9-5-2-6-19(25)12-13-28-15-20-17-29(24-8-4-3-7-21(20)24)16-18-10-11-22(26)23(27)14-18/h2-11,14,17,28H,12-13,15-16H2,1H3. The Kier molecular flexibility index (Phi) is 6.63. The number of para-hydroxylation sites is 2. The van der Waals surface area contributed by atoms with Crippen LogP contribution in [-0.2, 0) is 19.5 Å². The van der Waals surface area contributed by atoms with Crippen molar-refractivity contribution in [2.75, 3.05) is 13.7 Å². The van der Waals surface area contributed by atoms with Gasteiger partial charge in [-0.05, 0) is 53.9 Å². The third kappa shape index (κ3) is 4.65. The Morgan fingerprint density at radius 2 is 1.70 bits per heavy atom. The molecular weight excluding hydrogens is 415 g/mol. The fourth-order valence-electron chi connectivity index (χ4n) is 3.78. The van der Waals surface area contributed by atoms with Gasteiger partial charge in [0.25, 0.3) is 0 Å². The highest BCUT2D eigenvalue weighted by Crippen LogP contribution is 2.26. The number of hydrogen-bond acceptors (Lipinski definition) is 2. The summed E-state index contributed by atoms with van der Waals surface area (Å²) in [6.45, 7) is 2.44. The molecule has 4 aromatic rings. The van der Waals surface area contributed by atoms with Crippen molar-refractivity contribution in [2.45, 2.75) is 19.5 Å². The molecule has 0 unspecified atom stereocenters. The van der Waals surface area contributed by atoms with Gasteiger partial charge in [-0.3, -0.25) is 0 Å². The third-order valence-corrected chi connectivity index (χ3v) is 6.03. The topological polar surface area (TPSA) is 26.2 Å². The molecule has 0 bridgehead atoms.